The Labute approximate surface area is 121 Å². The molecule has 0 spiro atoms. The van der Waals surface area contributed by atoms with Crippen LogP contribution < -0.4 is 11.3 Å². The maximum Gasteiger partial charge on any atom is 0.0858 e. The first-order valence-corrected chi connectivity index (χ1v) is 7.24. The Morgan fingerprint density at radius 3 is 2.50 bits per heavy atom. The highest BCUT2D eigenvalue weighted by molar-refractivity contribution is 5.86. The highest BCUT2D eigenvalue weighted by Gasteiger charge is 2.34. The van der Waals surface area contributed by atoms with Crippen molar-refractivity contribution in [2.24, 2.45) is 5.84 Å². The minimum absolute atomic E-state index is 0.0430. The van der Waals surface area contributed by atoms with Gasteiger partial charge in [-0.15, -0.1) is 0 Å². The number of hydrazine groups is 1. The summed E-state index contributed by atoms with van der Waals surface area (Å²) >= 11 is 0. The topological polar surface area (TPSA) is 47.3 Å². The number of nitrogens with one attached hydrogen (secondary N) is 1. The number of fused-ring (bicyclic) bond motifs is 1. The summed E-state index contributed by atoms with van der Waals surface area (Å²) in [6, 6.07) is 14.6. The Balaban J connectivity index is 2.54. The van der Waals surface area contributed by atoms with E-state index in [1.54, 1.807) is 0 Å². The lowest BCUT2D eigenvalue weighted by Gasteiger charge is -2.37. The zero-order valence-corrected chi connectivity index (χ0v) is 12.5. The van der Waals surface area contributed by atoms with Crippen molar-refractivity contribution < 1.29 is 4.74 Å². The molecule has 3 heteroatoms. The number of benzene rings is 2. The van der Waals surface area contributed by atoms with Gasteiger partial charge in [-0.2, -0.15) is 0 Å². The molecule has 0 heterocycles. The molecule has 20 heavy (non-hydrogen) atoms. The standard InChI is InChI=1S/C17H24N2O/c1-4-17(3,20-5-2)16(19-18)15-12-8-10-13-9-6-7-11-14(13)15/h6-12,16,19H,4-5,18H2,1-3H3. The van der Waals surface area contributed by atoms with Gasteiger partial charge in [0.1, 0.15) is 0 Å². The molecule has 3 N–H and O–H groups in total. The third-order valence-corrected chi connectivity index (χ3v) is 4.09. The zero-order chi connectivity index (χ0) is 14.6. The molecule has 0 fully saturated rings. The summed E-state index contributed by atoms with van der Waals surface area (Å²) in [6.45, 7) is 6.94. The fraction of sp³-hybridized carbons (Fsp3) is 0.412. The molecule has 0 amide bonds. The molecule has 0 bridgehead atoms. The lowest BCUT2D eigenvalue weighted by Crippen LogP contribution is -2.46. The van der Waals surface area contributed by atoms with Crippen molar-refractivity contribution in [3.05, 3.63) is 48.0 Å². The molecule has 2 aromatic rings. The van der Waals surface area contributed by atoms with Crippen LogP contribution in [-0.4, -0.2) is 12.2 Å². The second-order valence-electron chi connectivity index (χ2n) is 5.27. The van der Waals surface area contributed by atoms with Crippen molar-refractivity contribution in [1.82, 2.24) is 5.43 Å². The van der Waals surface area contributed by atoms with Crippen LogP contribution in [0.2, 0.25) is 0 Å². The van der Waals surface area contributed by atoms with Crippen LogP contribution in [0.25, 0.3) is 10.8 Å². The van der Waals surface area contributed by atoms with Crippen LogP contribution in [0.15, 0.2) is 42.5 Å². The highest BCUT2D eigenvalue weighted by atomic mass is 16.5. The molecule has 0 aliphatic heterocycles. The van der Waals surface area contributed by atoms with Crippen LogP contribution >= 0.6 is 0 Å². The summed E-state index contributed by atoms with van der Waals surface area (Å²) in [5, 5.41) is 2.44. The van der Waals surface area contributed by atoms with E-state index in [0.29, 0.717) is 6.61 Å². The van der Waals surface area contributed by atoms with E-state index in [0.717, 1.165) is 6.42 Å². The molecule has 0 saturated carbocycles. The van der Waals surface area contributed by atoms with Crippen molar-refractivity contribution in [1.29, 1.82) is 0 Å². The third kappa shape index (κ3) is 2.70. The Hall–Kier alpha value is -1.42. The van der Waals surface area contributed by atoms with Gasteiger partial charge in [0.05, 0.1) is 11.6 Å². The lowest BCUT2D eigenvalue weighted by atomic mass is 9.85. The zero-order valence-electron chi connectivity index (χ0n) is 12.5. The summed E-state index contributed by atoms with van der Waals surface area (Å²) in [7, 11) is 0. The van der Waals surface area contributed by atoms with Gasteiger partial charge >= 0.3 is 0 Å². The normalized spacial score (nSPS) is 16.0. The Kier molecular flexibility index (Phi) is 4.76. The fourth-order valence-corrected chi connectivity index (χ4v) is 2.82. The van der Waals surface area contributed by atoms with Crippen LogP contribution in [-0.2, 0) is 4.74 Å². The number of ether oxygens (including phenoxy) is 1. The smallest absolute Gasteiger partial charge is 0.0858 e. The van der Waals surface area contributed by atoms with Crippen molar-refractivity contribution in [2.75, 3.05) is 6.61 Å². The molecule has 2 unspecified atom stereocenters. The minimum atomic E-state index is -0.326. The van der Waals surface area contributed by atoms with E-state index < -0.39 is 0 Å². The Morgan fingerprint density at radius 2 is 1.85 bits per heavy atom. The maximum absolute atomic E-state index is 5.99. The molecule has 0 aliphatic rings. The third-order valence-electron chi connectivity index (χ3n) is 4.09. The summed E-state index contributed by atoms with van der Waals surface area (Å²) in [5.41, 5.74) is 3.82. The molecule has 0 aliphatic carbocycles. The van der Waals surface area contributed by atoms with E-state index >= 15 is 0 Å². The summed E-state index contributed by atoms with van der Waals surface area (Å²) in [4.78, 5) is 0. The van der Waals surface area contributed by atoms with Gasteiger partial charge in [-0.1, -0.05) is 49.4 Å². The van der Waals surface area contributed by atoms with E-state index in [-0.39, 0.29) is 11.6 Å². The second kappa shape index (κ2) is 6.35. The van der Waals surface area contributed by atoms with Gasteiger partial charge in [0.25, 0.3) is 0 Å². The Bertz CT molecular complexity index is 564. The molecule has 2 aromatic carbocycles. The first kappa shape index (κ1) is 15.0. The van der Waals surface area contributed by atoms with Gasteiger partial charge in [0.15, 0.2) is 0 Å². The number of nitrogens with two attached hydrogens (primary N) is 1. The first-order chi connectivity index (χ1) is 9.66. The fourth-order valence-electron chi connectivity index (χ4n) is 2.82. The second-order valence-corrected chi connectivity index (χ2v) is 5.27. The highest BCUT2D eigenvalue weighted by Crippen LogP contribution is 2.35. The Morgan fingerprint density at radius 1 is 1.15 bits per heavy atom. The molecule has 2 rings (SSSR count). The average molecular weight is 272 g/mol. The maximum atomic E-state index is 5.99. The van der Waals surface area contributed by atoms with Gasteiger partial charge in [-0.25, -0.2) is 0 Å². The summed E-state index contributed by atoms with van der Waals surface area (Å²) < 4.78 is 5.99. The van der Waals surface area contributed by atoms with Crippen molar-refractivity contribution in [3.8, 4) is 0 Å². The molecule has 2 atom stereocenters. The summed E-state index contributed by atoms with van der Waals surface area (Å²) in [5.74, 6) is 5.86. The predicted molar refractivity (Wildman–Crippen MR) is 84.3 cm³/mol. The van der Waals surface area contributed by atoms with E-state index in [1.807, 2.05) is 6.92 Å². The van der Waals surface area contributed by atoms with E-state index in [2.05, 4.69) is 61.7 Å². The van der Waals surface area contributed by atoms with Gasteiger partial charge in [0, 0.05) is 6.61 Å². The summed E-state index contributed by atoms with van der Waals surface area (Å²) in [6.07, 6.45) is 0.888. The first-order valence-electron chi connectivity index (χ1n) is 7.24. The van der Waals surface area contributed by atoms with E-state index in [1.165, 1.54) is 16.3 Å². The molecule has 0 saturated heterocycles. The van der Waals surface area contributed by atoms with Crippen LogP contribution in [0.4, 0.5) is 0 Å². The predicted octanol–water partition coefficient (Wildman–Crippen LogP) is 3.55. The van der Waals surface area contributed by atoms with Gasteiger partial charge in [-0.05, 0) is 36.6 Å². The van der Waals surface area contributed by atoms with Gasteiger partial charge in [-0.3, -0.25) is 11.3 Å². The number of rotatable bonds is 6. The lowest BCUT2D eigenvalue weighted by molar-refractivity contribution is -0.0560. The monoisotopic (exact) mass is 272 g/mol. The largest absolute Gasteiger partial charge is 0.374 e. The van der Waals surface area contributed by atoms with Crippen LogP contribution in [0.5, 0.6) is 0 Å². The molecular weight excluding hydrogens is 248 g/mol. The van der Waals surface area contributed by atoms with Gasteiger partial charge < -0.3 is 4.74 Å². The van der Waals surface area contributed by atoms with E-state index in [4.69, 9.17) is 10.6 Å². The minimum Gasteiger partial charge on any atom is -0.374 e. The number of hydrogen-bond donors (Lipinski definition) is 2. The molecule has 0 aromatic heterocycles. The van der Waals surface area contributed by atoms with Crippen LogP contribution in [0.3, 0.4) is 0 Å². The molecule has 3 nitrogen and oxygen atoms in total. The molecule has 108 valence electrons. The van der Waals surface area contributed by atoms with Gasteiger partial charge in [0.2, 0.25) is 0 Å². The van der Waals surface area contributed by atoms with Crippen LogP contribution in [0, 0.1) is 0 Å². The molecular formula is C17H24N2O. The molecule has 0 radical (unpaired) electrons. The van der Waals surface area contributed by atoms with E-state index in [9.17, 15) is 0 Å². The van der Waals surface area contributed by atoms with Crippen molar-refractivity contribution in [2.45, 2.75) is 38.8 Å². The SMILES string of the molecule is CCOC(C)(CC)C(NN)c1cccc2ccccc12. The van der Waals surface area contributed by atoms with Crippen LogP contribution in [0.1, 0.15) is 38.8 Å². The van der Waals surface area contributed by atoms with Crippen molar-refractivity contribution >= 4 is 10.8 Å². The average Bonchev–Trinajstić information content (AvgIpc) is 2.48. The quantitative estimate of drug-likeness (QED) is 0.624. The van der Waals surface area contributed by atoms with Crippen molar-refractivity contribution in [3.63, 3.8) is 0 Å². The number of hydrogen-bond acceptors (Lipinski definition) is 3.